The zero-order valence-corrected chi connectivity index (χ0v) is 20.9. The van der Waals surface area contributed by atoms with Crippen molar-refractivity contribution < 1.29 is 18.7 Å². The Labute approximate surface area is 212 Å². The Morgan fingerprint density at radius 3 is 2.17 bits per heavy atom. The van der Waals surface area contributed by atoms with Crippen LogP contribution in [0.2, 0.25) is 0 Å². The van der Waals surface area contributed by atoms with Gasteiger partial charge in [-0.2, -0.15) is 16.2 Å². The van der Waals surface area contributed by atoms with Crippen LogP contribution in [0.1, 0.15) is 31.1 Å². The summed E-state index contributed by atoms with van der Waals surface area (Å²) in [6.07, 6.45) is -0.842. The van der Waals surface area contributed by atoms with E-state index in [2.05, 4.69) is 0 Å². The zero-order chi connectivity index (χ0) is 25.3. The van der Waals surface area contributed by atoms with Crippen LogP contribution in [-0.2, 0) is 4.74 Å². The number of hydrogen-bond acceptors (Lipinski definition) is 6. The first-order valence-electron chi connectivity index (χ1n) is 11.5. The third kappa shape index (κ3) is 4.78. The number of anilines is 1. The van der Waals surface area contributed by atoms with E-state index in [0.29, 0.717) is 22.7 Å². The van der Waals surface area contributed by atoms with Gasteiger partial charge in [-0.25, -0.2) is 9.78 Å². The molecule has 0 aliphatic carbocycles. The van der Waals surface area contributed by atoms with Gasteiger partial charge in [-0.3, -0.25) is 4.79 Å². The van der Waals surface area contributed by atoms with Crippen molar-refractivity contribution in [1.82, 2.24) is 4.98 Å². The maximum Gasteiger partial charge on any atom is 0.424 e. The van der Waals surface area contributed by atoms with Gasteiger partial charge in [0.15, 0.2) is 0 Å². The molecule has 0 radical (unpaired) electrons. The van der Waals surface area contributed by atoms with Crippen LogP contribution in [0, 0.1) is 0 Å². The van der Waals surface area contributed by atoms with Gasteiger partial charge in [0.2, 0.25) is 11.8 Å². The number of rotatable bonds is 4. The lowest BCUT2D eigenvalue weighted by Crippen LogP contribution is -2.41. The molecule has 0 saturated carbocycles. The minimum Gasteiger partial charge on any atom is -0.443 e. The molecule has 3 aromatic carbocycles. The van der Waals surface area contributed by atoms with Crippen LogP contribution in [0.4, 0.5) is 10.7 Å². The van der Waals surface area contributed by atoms with Crippen LogP contribution in [0.15, 0.2) is 94.0 Å². The number of benzene rings is 3. The molecule has 0 fully saturated rings. The molecular weight excluding hydrogens is 472 g/mol. The lowest BCUT2D eigenvalue weighted by atomic mass is 10.1. The Morgan fingerprint density at radius 2 is 1.50 bits per heavy atom. The van der Waals surface area contributed by atoms with E-state index in [-0.39, 0.29) is 5.88 Å². The molecule has 7 heteroatoms. The second kappa shape index (κ2) is 9.43. The van der Waals surface area contributed by atoms with Gasteiger partial charge in [-0.1, -0.05) is 54.6 Å². The SMILES string of the molecule is CC(C)(C)OC(=O)N(C(=O)c1ccc2cscc2c1)c1oc(-c2ccccc2)nc1-c1ccccc1. The molecule has 0 aliphatic heterocycles. The second-order valence-electron chi connectivity index (χ2n) is 9.24. The quantitative estimate of drug-likeness (QED) is 0.254. The fourth-order valence-electron chi connectivity index (χ4n) is 3.74. The van der Waals surface area contributed by atoms with Crippen LogP contribution in [0.5, 0.6) is 0 Å². The molecule has 0 saturated heterocycles. The zero-order valence-electron chi connectivity index (χ0n) is 20.1. The first-order valence-corrected chi connectivity index (χ1v) is 12.4. The molecule has 2 amide bonds. The minimum absolute atomic E-state index is 0.00437. The van der Waals surface area contributed by atoms with Gasteiger partial charge in [0, 0.05) is 16.7 Å². The Kier molecular flexibility index (Phi) is 6.16. The summed E-state index contributed by atoms with van der Waals surface area (Å²) in [6.45, 7) is 5.25. The van der Waals surface area contributed by atoms with E-state index in [4.69, 9.17) is 14.1 Å². The molecule has 6 nitrogen and oxygen atoms in total. The summed E-state index contributed by atoms with van der Waals surface area (Å²) in [5, 5.41) is 5.91. The van der Waals surface area contributed by atoms with Crippen molar-refractivity contribution in [3.63, 3.8) is 0 Å². The average Bonchev–Trinajstić information content (AvgIpc) is 3.51. The highest BCUT2D eigenvalue weighted by Gasteiger charge is 2.35. The fourth-order valence-corrected chi connectivity index (χ4v) is 4.52. The molecule has 0 atom stereocenters. The van der Waals surface area contributed by atoms with E-state index in [0.717, 1.165) is 21.2 Å². The van der Waals surface area contributed by atoms with E-state index < -0.39 is 17.6 Å². The second-order valence-corrected chi connectivity index (χ2v) is 9.98. The highest BCUT2D eigenvalue weighted by atomic mass is 32.1. The number of hydrogen-bond donors (Lipinski definition) is 0. The molecule has 2 aromatic heterocycles. The number of oxazole rings is 1. The molecule has 0 spiro atoms. The number of amides is 2. The smallest absolute Gasteiger partial charge is 0.424 e. The van der Waals surface area contributed by atoms with Gasteiger partial charge in [-0.15, -0.1) is 0 Å². The van der Waals surface area contributed by atoms with Gasteiger partial charge in [0.1, 0.15) is 11.3 Å². The monoisotopic (exact) mass is 496 g/mol. The summed E-state index contributed by atoms with van der Waals surface area (Å²) in [5.41, 5.74) is 1.29. The fraction of sp³-hybridized carbons (Fsp3) is 0.138. The van der Waals surface area contributed by atoms with E-state index >= 15 is 0 Å². The number of thiophene rings is 1. The standard InChI is InChI=1S/C29H24N2O4S/c1-29(2,3)35-28(33)31(26(32)21-14-15-22-17-36-18-23(22)16-21)27-24(19-10-6-4-7-11-19)30-25(34-27)20-12-8-5-9-13-20/h4-18H,1-3H3. The number of carbonyl (C=O) groups excluding carboxylic acids is 2. The largest absolute Gasteiger partial charge is 0.443 e. The van der Waals surface area contributed by atoms with E-state index in [1.54, 1.807) is 44.2 Å². The highest BCUT2D eigenvalue weighted by molar-refractivity contribution is 7.09. The Bertz CT molecular complexity index is 1530. The van der Waals surface area contributed by atoms with Crippen LogP contribution < -0.4 is 4.90 Å². The van der Waals surface area contributed by atoms with E-state index in [1.165, 1.54) is 0 Å². The summed E-state index contributed by atoms with van der Waals surface area (Å²) < 4.78 is 11.8. The molecule has 5 aromatic rings. The number of aromatic nitrogens is 1. The van der Waals surface area contributed by atoms with Gasteiger partial charge in [0.25, 0.3) is 5.91 Å². The lowest BCUT2D eigenvalue weighted by molar-refractivity contribution is 0.0558. The molecule has 0 aliphatic rings. The van der Waals surface area contributed by atoms with Crippen molar-refractivity contribution >= 4 is 40.0 Å². The number of ether oxygens (including phenoxy) is 1. The van der Waals surface area contributed by atoms with Gasteiger partial charge in [-0.05, 0) is 66.6 Å². The molecular formula is C29H24N2O4S. The highest BCUT2D eigenvalue weighted by Crippen LogP contribution is 2.37. The van der Waals surface area contributed by atoms with Crippen molar-refractivity contribution in [2.75, 3.05) is 4.90 Å². The number of carbonyl (C=O) groups is 2. The summed E-state index contributed by atoms with van der Waals surface area (Å²) in [4.78, 5) is 33.1. The summed E-state index contributed by atoms with van der Waals surface area (Å²) in [6, 6.07) is 24.0. The van der Waals surface area contributed by atoms with Crippen LogP contribution in [-0.4, -0.2) is 22.6 Å². The van der Waals surface area contributed by atoms with Crippen LogP contribution >= 0.6 is 11.3 Å². The molecule has 36 heavy (non-hydrogen) atoms. The lowest BCUT2D eigenvalue weighted by Gasteiger charge is -2.25. The van der Waals surface area contributed by atoms with Crippen molar-refractivity contribution in [2.45, 2.75) is 26.4 Å². The van der Waals surface area contributed by atoms with Crippen molar-refractivity contribution in [2.24, 2.45) is 0 Å². The first-order chi connectivity index (χ1) is 17.3. The number of fused-ring (bicyclic) bond motifs is 1. The average molecular weight is 497 g/mol. The topological polar surface area (TPSA) is 72.6 Å². The molecule has 5 rings (SSSR count). The van der Waals surface area contributed by atoms with Crippen molar-refractivity contribution in [3.05, 3.63) is 95.2 Å². The summed E-state index contributed by atoms with van der Waals surface area (Å²) in [7, 11) is 0. The maximum atomic E-state index is 13.9. The van der Waals surface area contributed by atoms with Gasteiger partial charge in [0.05, 0.1) is 0 Å². The van der Waals surface area contributed by atoms with E-state index in [9.17, 15) is 9.59 Å². The summed E-state index contributed by atoms with van der Waals surface area (Å²) >= 11 is 1.55. The third-order valence-electron chi connectivity index (χ3n) is 5.38. The Morgan fingerprint density at radius 1 is 0.861 bits per heavy atom. The molecule has 2 heterocycles. The number of imide groups is 1. The predicted octanol–water partition coefficient (Wildman–Crippen LogP) is 7.81. The van der Waals surface area contributed by atoms with Gasteiger partial charge >= 0.3 is 6.09 Å². The number of nitrogens with zero attached hydrogens (tertiary/aromatic N) is 2. The first kappa shape index (κ1) is 23.5. The van der Waals surface area contributed by atoms with Crippen molar-refractivity contribution in [1.29, 1.82) is 0 Å². The normalized spacial score (nSPS) is 11.4. The predicted molar refractivity (Wildman–Crippen MR) is 142 cm³/mol. The summed E-state index contributed by atoms with van der Waals surface area (Å²) in [5.74, 6) is -0.269. The van der Waals surface area contributed by atoms with E-state index in [1.807, 2.05) is 77.5 Å². The minimum atomic E-state index is -0.842. The van der Waals surface area contributed by atoms with Crippen molar-refractivity contribution in [3.8, 4) is 22.7 Å². The Balaban J connectivity index is 1.69. The maximum absolute atomic E-state index is 13.9. The molecule has 180 valence electrons. The van der Waals surface area contributed by atoms with Crippen LogP contribution in [0.3, 0.4) is 0 Å². The molecule has 0 unspecified atom stereocenters. The Hall–Kier alpha value is -4.23. The van der Waals surface area contributed by atoms with Gasteiger partial charge < -0.3 is 9.15 Å². The third-order valence-corrected chi connectivity index (χ3v) is 6.16. The molecule has 0 N–H and O–H groups in total. The van der Waals surface area contributed by atoms with Crippen LogP contribution in [0.25, 0.3) is 33.5 Å². The molecule has 0 bridgehead atoms.